The van der Waals surface area contributed by atoms with Gasteiger partial charge in [0, 0.05) is 22.9 Å². The second kappa shape index (κ2) is 9.17. The molecule has 1 fully saturated rings. The minimum absolute atomic E-state index is 0.0395. The van der Waals surface area contributed by atoms with E-state index in [-0.39, 0.29) is 6.61 Å². The molecule has 0 heterocycles. The first-order valence-corrected chi connectivity index (χ1v) is 9.38. The molecule has 1 aromatic carbocycles. The van der Waals surface area contributed by atoms with Crippen LogP contribution in [0.4, 0.5) is 0 Å². The molecule has 132 valence electrons. The van der Waals surface area contributed by atoms with Crippen LogP contribution in [-0.4, -0.2) is 31.0 Å². The molecule has 9 heteroatoms. The molecule has 0 radical (unpaired) electrons. The van der Waals surface area contributed by atoms with Gasteiger partial charge in [-0.15, -0.1) is 0 Å². The smallest absolute Gasteiger partial charge is 0.333 e. The van der Waals surface area contributed by atoms with Gasteiger partial charge in [-0.1, -0.05) is 29.3 Å². The summed E-state index contributed by atoms with van der Waals surface area (Å²) in [6.07, 6.45) is 4.17. The summed E-state index contributed by atoms with van der Waals surface area (Å²) in [5, 5.41) is 23.3. The van der Waals surface area contributed by atoms with Crippen molar-refractivity contribution in [3.05, 3.63) is 33.8 Å². The van der Waals surface area contributed by atoms with E-state index in [0.717, 1.165) is 18.4 Å². The van der Waals surface area contributed by atoms with Gasteiger partial charge in [0.1, 0.15) is 0 Å². The molecular formula is C14H21Cl2NO5S. The minimum Gasteiger partial charge on any atom is -0.366 e. The Bertz CT molecular complexity index is 599. The zero-order valence-electron chi connectivity index (χ0n) is 12.5. The molecule has 1 aromatic rings. The molecule has 6 nitrogen and oxygen atoms in total. The van der Waals surface area contributed by atoms with E-state index in [0.29, 0.717) is 35.7 Å². The average Bonchev–Trinajstić information content (AvgIpc) is 2.81. The van der Waals surface area contributed by atoms with Gasteiger partial charge in [0.15, 0.2) is 5.79 Å². The number of halogens is 2. The molecule has 0 atom stereocenters. The first-order chi connectivity index (χ1) is 10.6. The highest BCUT2D eigenvalue weighted by Crippen LogP contribution is 2.25. The molecule has 0 aliphatic heterocycles. The first kappa shape index (κ1) is 20.6. The van der Waals surface area contributed by atoms with Gasteiger partial charge in [0.25, 0.3) is 0 Å². The SMILES string of the molecule is NS(=O)(=O)OCCCc1ccc(Cl)cc1Cl.OC1(O)CCCC1. The van der Waals surface area contributed by atoms with Crippen LogP contribution in [0, 0.1) is 0 Å². The zero-order chi connectivity index (χ0) is 17.5. The van der Waals surface area contributed by atoms with E-state index in [4.69, 9.17) is 33.4 Å². The third kappa shape index (κ3) is 9.46. The number of hydrogen-bond donors (Lipinski definition) is 3. The van der Waals surface area contributed by atoms with E-state index in [1.165, 1.54) is 0 Å². The van der Waals surface area contributed by atoms with Crippen molar-refractivity contribution in [2.24, 2.45) is 5.14 Å². The van der Waals surface area contributed by atoms with Gasteiger partial charge in [-0.2, -0.15) is 8.42 Å². The second-order valence-electron chi connectivity index (χ2n) is 5.34. The van der Waals surface area contributed by atoms with Crippen molar-refractivity contribution in [3.63, 3.8) is 0 Å². The third-order valence-electron chi connectivity index (χ3n) is 3.26. The molecular weight excluding hydrogens is 365 g/mol. The number of hydrogen-bond acceptors (Lipinski definition) is 5. The molecule has 0 aromatic heterocycles. The lowest BCUT2D eigenvalue weighted by molar-refractivity contribution is -0.152. The summed E-state index contributed by atoms with van der Waals surface area (Å²) in [5.74, 6) is -1.31. The number of nitrogens with two attached hydrogens (primary N) is 1. The first-order valence-electron chi connectivity index (χ1n) is 7.15. The van der Waals surface area contributed by atoms with Gasteiger partial charge in [0.05, 0.1) is 6.61 Å². The van der Waals surface area contributed by atoms with Gasteiger partial charge < -0.3 is 10.2 Å². The van der Waals surface area contributed by atoms with E-state index in [1.54, 1.807) is 18.2 Å². The number of rotatable bonds is 5. The Morgan fingerprint density at radius 1 is 1.22 bits per heavy atom. The van der Waals surface area contributed by atoms with Crippen LogP contribution in [0.5, 0.6) is 0 Å². The summed E-state index contributed by atoms with van der Waals surface area (Å²) in [4.78, 5) is 0. The maximum Gasteiger partial charge on any atom is 0.333 e. The van der Waals surface area contributed by atoms with Gasteiger partial charge in [-0.3, -0.25) is 4.18 Å². The zero-order valence-corrected chi connectivity index (χ0v) is 14.9. The van der Waals surface area contributed by atoms with Crippen LogP contribution in [0.3, 0.4) is 0 Å². The van der Waals surface area contributed by atoms with Crippen LogP contribution in [0.25, 0.3) is 0 Å². The minimum atomic E-state index is -3.85. The number of benzene rings is 1. The summed E-state index contributed by atoms with van der Waals surface area (Å²) >= 11 is 11.7. The second-order valence-corrected chi connectivity index (χ2v) is 7.41. The lowest BCUT2D eigenvalue weighted by Gasteiger charge is -2.11. The fourth-order valence-corrected chi connectivity index (χ4v) is 2.96. The maximum absolute atomic E-state index is 10.5. The third-order valence-corrected chi connectivity index (χ3v) is 4.34. The van der Waals surface area contributed by atoms with E-state index < -0.39 is 16.1 Å². The maximum atomic E-state index is 10.5. The molecule has 0 saturated heterocycles. The van der Waals surface area contributed by atoms with Gasteiger partial charge in [-0.05, 0) is 43.4 Å². The summed E-state index contributed by atoms with van der Waals surface area (Å²) < 4.78 is 25.3. The van der Waals surface area contributed by atoms with E-state index in [2.05, 4.69) is 9.32 Å². The van der Waals surface area contributed by atoms with Crippen molar-refractivity contribution in [3.8, 4) is 0 Å². The van der Waals surface area contributed by atoms with Crippen molar-refractivity contribution in [2.75, 3.05) is 6.61 Å². The fraction of sp³-hybridized carbons (Fsp3) is 0.571. The van der Waals surface area contributed by atoms with E-state index in [1.807, 2.05) is 0 Å². The Kier molecular flexibility index (Phi) is 8.23. The normalized spacial score (nSPS) is 16.7. The molecule has 4 N–H and O–H groups in total. The Balaban J connectivity index is 0.000000313. The molecule has 0 bridgehead atoms. The van der Waals surface area contributed by atoms with E-state index >= 15 is 0 Å². The Morgan fingerprint density at radius 3 is 2.26 bits per heavy atom. The molecule has 1 saturated carbocycles. The monoisotopic (exact) mass is 385 g/mol. The van der Waals surface area contributed by atoms with Gasteiger partial charge in [-0.25, -0.2) is 5.14 Å². The highest BCUT2D eigenvalue weighted by Gasteiger charge is 2.26. The molecule has 0 spiro atoms. The number of aliphatic hydroxyl groups is 2. The van der Waals surface area contributed by atoms with Crippen molar-refractivity contribution in [1.82, 2.24) is 0 Å². The summed E-state index contributed by atoms with van der Waals surface area (Å²) in [7, 11) is -3.85. The molecule has 1 aliphatic carbocycles. The lowest BCUT2D eigenvalue weighted by atomic mass is 10.1. The van der Waals surface area contributed by atoms with Gasteiger partial charge >= 0.3 is 10.3 Å². The Hall–Kier alpha value is -0.410. The standard InChI is InChI=1S/C9H11Cl2NO3S.C5H10O2/c10-8-4-3-7(9(11)6-8)2-1-5-15-16(12,13)14;6-5(7)3-1-2-4-5/h3-4,6H,1-2,5H2,(H2,12,13,14);6-7H,1-4H2. The molecule has 2 rings (SSSR count). The van der Waals surface area contributed by atoms with Crippen LogP contribution in [-0.2, 0) is 20.9 Å². The van der Waals surface area contributed by atoms with Crippen LogP contribution < -0.4 is 5.14 Å². The van der Waals surface area contributed by atoms with E-state index in [9.17, 15) is 8.42 Å². The van der Waals surface area contributed by atoms with Crippen LogP contribution in [0.15, 0.2) is 18.2 Å². The summed E-state index contributed by atoms with van der Waals surface area (Å²) in [5.41, 5.74) is 0.893. The van der Waals surface area contributed by atoms with Gasteiger partial charge in [0.2, 0.25) is 0 Å². The summed E-state index contributed by atoms with van der Waals surface area (Å²) in [6, 6.07) is 5.16. The quantitative estimate of drug-likeness (QED) is 0.532. The lowest BCUT2D eigenvalue weighted by Crippen LogP contribution is -2.21. The molecule has 23 heavy (non-hydrogen) atoms. The molecule has 1 aliphatic rings. The number of aryl methyl sites for hydroxylation is 1. The Labute approximate surface area is 146 Å². The topological polar surface area (TPSA) is 110 Å². The fourth-order valence-electron chi connectivity index (χ4n) is 2.10. The molecule has 0 unspecified atom stereocenters. The largest absolute Gasteiger partial charge is 0.366 e. The van der Waals surface area contributed by atoms with Crippen molar-refractivity contribution in [1.29, 1.82) is 0 Å². The van der Waals surface area contributed by atoms with Crippen molar-refractivity contribution in [2.45, 2.75) is 44.3 Å². The van der Waals surface area contributed by atoms with Crippen molar-refractivity contribution < 1.29 is 22.8 Å². The van der Waals surface area contributed by atoms with Crippen LogP contribution in [0.1, 0.15) is 37.7 Å². The van der Waals surface area contributed by atoms with Crippen LogP contribution in [0.2, 0.25) is 10.0 Å². The Morgan fingerprint density at radius 2 is 1.83 bits per heavy atom. The average molecular weight is 386 g/mol. The van der Waals surface area contributed by atoms with Crippen LogP contribution >= 0.6 is 23.2 Å². The highest BCUT2D eigenvalue weighted by atomic mass is 35.5. The van der Waals surface area contributed by atoms with Crippen molar-refractivity contribution >= 4 is 33.5 Å². The predicted octanol–water partition coefficient (Wildman–Crippen LogP) is 2.39. The highest BCUT2D eigenvalue weighted by molar-refractivity contribution is 7.84. The predicted molar refractivity (Wildman–Crippen MR) is 89.5 cm³/mol. The summed E-state index contributed by atoms with van der Waals surface area (Å²) in [6.45, 7) is 0.0395. The molecule has 0 amide bonds.